The first-order valence-corrected chi connectivity index (χ1v) is 5.27. The standard InChI is InChI=1S/C11H18O2/c1-12-9-5-7-11(8-6-9)13-10-3-2-4-10/h7,9-10H,2-6,8H2,1H3. The average molecular weight is 182 g/mol. The second kappa shape index (κ2) is 4.14. The van der Waals surface area contributed by atoms with Gasteiger partial charge in [0.15, 0.2) is 0 Å². The van der Waals surface area contributed by atoms with E-state index in [4.69, 9.17) is 9.47 Å². The van der Waals surface area contributed by atoms with Gasteiger partial charge in [0.25, 0.3) is 0 Å². The first-order chi connectivity index (χ1) is 6.38. The molecule has 2 rings (SSSR count). The van der Waals surface area contributed by atoms with Crippen LogP contribution in [0.3, 0.4) is 0 Å². The van der Waals surface area contributed by atoms with Crippen LogP contribution in [0.15, 0.2) is 11.8 Å². The summed E-state index contributed by atoms with van der Waals surface area (Å²) >= 11 is 0. The van der Waals surface area contributed by atoms with E-state index in [1.54, 1.807) is 7.11 Å². The maximum atomic E-state index is 5.83. The van der Waals surface area contributed by atoms with Crippen LogP contribution in [0.4, 0.5) is 0 Å². The van der Waals surface area contributed by atoms with Crippen LogP contribution >= 0.6 is 0 Å². The van der Waals surface area contributed by atoms with Gasteiger partial charge in [-0.25, -0.2) is 0 Å². The largest absolute Gasteiger partial charge is 0.495 e. The Labute approximate surface area is 79.9 Å². The summed E-state index contributed by atoms with van der Waals surface area (Å²) in [4.78, 5) is 0. The van der Waals surface area contributed by atoms with Gasteiger partial charge in [-0.15, -0.1) is 0 Å². The second-order valence-electron chi connectivity index (χ2n) is 3.97. The molecular weight excluding hydrogens is 164 g/mol. The molecule has 0 amide bonds. The van der Waals surface area contributed by atoms with E-state index in [1.165, 1.54) is 25.0 Å². The predicted octanol–water partition coefficient (Wildman–Crippen LogP) is 2.64. The summed E-state index contributed by atoms with van der Waals surface area (Å²) in [7, 11) is 1.79. The minimum atomic E-state index is 0.425. The van der Waals surface area contributed by atoms with E-state index < -0.39 is 0 Å². The molecule has 0 bridgehead atoms. The quantitative estimate of drug-likeness (QED) is 0.668. The summed E-state index contributed by atoms with van der Waals surface area (Å²) in [6.45, 7) is 0. The normalized spacial score (nSPS) is 29.3. The van der Waals surface area contributed by atoms with Crippen LogP contribution in [-0.4, -0.2) is 19.3 Å². The third kappa shape index (κ3) is 2.25. The van der Waals surface area contributed by atoms with Crippen molar-refractivity contribution in [2.24, 2.45) is 0 Å². The van der Waals surface area contributed by atoms with E-state index in [9.17, 15) is 0 Å². The van der Waals surface area contributed by atoms with Gasteiger partial charge in [-0.1, -0.05) is 0 Å². The van der Waals surface area contributed by atoms with Crippen molar-refractivity contribution in [3.05, 3.63) is 11.8 Å². The highest BCUT2D eigenvalue weighted by Crippen LogP contribution is 2.28. The Balaban J connectivity index is 1.77. The smallest absolute Gasteiger partial charge is 0.0982 e. The zero-order valence-corrected chi connectivity index (χ0v) is 8.29. The van der Waals surface area contributed by atoms with E-state index in [0.29, 0.717) is 12.2 Å². The Morgan fingerprint density at radius 3 is 2.54 bits per heavy atom. The van der Waals surface area contributed by atoms with E-state index in [0.717, 1.165) is 19.3 Å². The molecule has 0 N–H and O–H groups in total. The highest BCUT2D eigenvalue weighted by atomic mass is 16.5. The summed E-state index contributed by atoms with van der Waals surface area (Å²) in [5.74, 6) is 1.21. The molecule has 0 spiro atoms. The van der Waals surface area contributed by atoms with Gasteiger partial charge in [0.05, 0.1) is 18.0 Å². The first kappa shape index (κ1) is 9.07. The van der Waals surface area contributed by atoms with Gasteiger partial charge in [0, 0.05) is 13.5 Å². The van der Waals surface area contributed by atoms with Gasteiger partial charge < -0.3 is 9.47 Å². The van der Waals surface area contributed by atoms with Crippen molar-refractivity contribution in [2.75, 3.05) is 7.11 Å². The van der Waals surface area contributed by atoms with E-state index in [2.05, 4.69) is 6.08 Å². The zero-order chi connectivity index (χ0) is 9.10. The molecule has 0 heterocycles. The topological polar surface area (TPSA) is 18.5 Å². The van der Waals surface area contributed by atoms with Crippen LogP contribution in [0.5, 0.6) is 0 Å². The summed E-state index contributed by atoms with van der Waals surface area (Å²) in [6.07, 6.45) is 10.2. The average Bonchev–Trinajstić information content (AvgIpc) is 2.12. The molecule has 2 aliphatic carbocycles. The lowest BCUT2D eigenvalue weighted by atomic mass is 9.95. The Morgan fingerprint density at radius 2 is 2.08 bits per heavy atom. The van der Waals surface area contributed by atoms with E-state index in [1.807, 2.05) is 0 Å². The molecular formula is C11H18O2. The Hall–Kier alpha value is -0.500. The van der Waals surface area contributed by atoms with Gasteiger partial charge in [-0.05, 0) is 38.2 Å². The SMILES string of the molecule is COC1CC=C(OC2CCC2)CC1. The van der Waals surface area contributed by atoms with Crippen molar-refractivity contribution in [2.45, 2.75) is 50.7 Å². The van der Waals surface area contributed by atoms with Crippen molar-refractivity contribution in [1.29, 1.82) is 0 Å². The zero-order valence-electron chi connectivity index (χ0n) is 8.29. The van der Waals surface area contributed by atoms with Gasteiger partial charge in [0.1, 0.15) is 0 Å². The van der Waals surface area contributed by atoms with Gasteiger partial charge >= 0.3 is 0 Å². The molecule has 2 aliphatic rings. The van der Waals surface area contributed by atoms with E-state index in [-0.39, 0.29) is 0 Å². The second-order valence-corrected chi connectivity index (χ2v) is 3.97. The Bertz CT molecular complexity index is 194. The highest BCUT2D eigenvalue weighted by molar-refractivity contribution is 5.00. The molecule has 2 nitrogen and oxygen atoms in total. The fourth-order valence-electron chi connectivity index (χ4n) is 1.81. The fourth-order valence-corrected chi connectivity index (χ4v) is 1.81. The first-order valence-electron chi connectivity index (χ1n) is 5.27. The minimum absolute atomic E-state index is 0.425. The number of methoxy groups -OCH3 is 1. The predicted molar refractivity (Wildman–Crippen MR) is 51.5 cm³/mol. The Kier molecular flexibility index (Phi) is 2.89. The molecule has 0 saturated heterocycles. The van der Waals surface area contributed by atoms with Crippen LogP contribution in [0.2, 0.25) is 0 Å². The van der Waals surface area contributed by atoms with Crippen molar-refractivity contribution < 1.29 is 9.47 Å². The molecule has 13 heavy (non-hydrogen) atoms. The maximum absolute atomic E-state index is 5.83. The Morgan fingerprint density at radius 1 is 1.23 bits per heavy atom. The van der Waals surface area contributed by atoms with Crippen molar-refractivity contribution >= 4 is 0 Å². The van der Waals surface area contributed by atoms with Crippen LogP contribution in [0.1, 0.15) is 38.5 Å². The van der Waals surface area contributed by atoms with E-state index >= 15 is 0 Å². The highest BCUT2D eigenvalue weighted by Gasteiger charge is 2.22. The summed E-state index contributed by atoms with van der Waals surface area (Å²) < 4.78 is 11.1. The number of ether oxygens (including phenoxy) is 2. The number of hydrogen-bond donors (Lipinski definition) is 0. The lowest BCUT2D eigenvalue weighted by Gasteiger charge is -2.30. The molecule has 0 aromatic rings. The molecule has 2 heteroatoms. The van der Waals surface area contributed by atoms with Gasteiger partial charge in [-0.2, -0.15) is 0 Å². The van der Waals surface area contributed by atoms with Crippen molar-refractivity contribution in [1.82, 2.24) is 0 Å². The number of hydrogen-bond acceptors (Lipinski definition) is 2. The van der Waals surface area contributed by atoms with Crippen LogP contribution < -0.4 is 0 Å². The molecule has 0 aromatic heterocycles. The number of rotatable bonds is 3. The molecule has 1 saturated carbocycles. The lowest BCUT2D eigenvalue weighted by molar-refractivity contribution is 0.0303. The lowest BCUT2D eigenvalue weighted by Crippen LogP contribution is -2.23. The molecule has 0 aliphatic heterocycles. The maximum Gasteiger partial charge on any atom is 0.0982 e. The number of allylic oxidation sites excluding steroid dienone is 1. The fraction of sp³-hybridized carbons (Fsp3) is 0.818. The van der Waals surface area contributed by atoms with Crippen LogP contribution in [0, 0.1) is 0 Å². The van der Waals surface area contributed by atoms with Gasteiger partial charge in [-0.3, -0.25) is 0 Å². The van der Waals surface area contributed by atoms with Crippen molar-refractivity contribution in [3.8, 4) is 0 Å². The third-order valence-electron chi connectivity index (χ3n) is 3.02. The molecule has 74 valence electrons. The molecule has 1 unspecified atom stereocenters. The van der Waals surface area contributed by atoms with Crippen LogP contribution in [0.25, 0.3) is 0 Å². The molecule has 0 aromatic carbocycles. The van der Waals surface area contributed by atoms with Crippen LogP contribution in [-0.2, 0) is 9.47 Å². The summed E-state index contributed by atoms with van der Waals surface area (Å²) in [6, 6.07) is 0. The molecule has 0 radical (unpaired) electrons. The van der Waals surface area contributed by atoms with Crippen molar-refractivity contribution in [3.63, 3.8) is 0 Å². The molecule has 1 atom stereocenters. The minimum Gasteiger partial charge on any atom is -0.495 e. The monoisotopic (exact) mass is 182 g/mol. The molecule has 1 fully saturated rings. The van der Waals surface area contributed by atoms with Gasteiger partial charge in [0.2, 0.25) is 0 Å². The summed E-state index contributed by atoms with van der Waals surface area (Å²) in [5.41, 5.74) is 0. The summed E-state index contributed by atoms with van der Waals surface area (Å²) in [5, 5.41) is 0. The third-order valence-corrected chi connectivity index (χ3v) is 3.02.